The Morgan fingerprint density at radius 3 is 2.07 bits per heavy atom. The number of benzene rings is 2. The van der Waals surface area contributed by atoms with E-state index in [9.17, 15) is 4.79 Å². The van der Waals surface area contributed by atoms with Gasteiger partial charge in [0, 0.05) is 40.7 Å². The van der Waals surface area contributed by atoms with Gasteiger partial charge in [-0.15, -0.1) is 0 Å². The maximum absolute atomic E-state index is 12.5. The van der Waals surface area contributed by atoms with Crippen LogP contribution in [0.25, 0.3) is 11.4 Å². The first-order valence-electron chi connectivity index (χ1n) is 9.72. The van der Waals surface area contributed by atoms with Crippen LogP contribution in [-0.4, -0.2) is 25.7 Å². The highest BCUT2D eigenvalue weighted by molar-refractivity contribution is 6.01. The maximum Gasteiger partial charge on any atom is 0.271 e. The van der Waals surface area contributed by atoms with E-state index in [1.807, 2.05) is 66.2 Å². The van der Waals surface area contributed by atoms with Gasteiger partial charge in [-0.2, -0.15) is 5.10 Å². The molecule has 0 atom stereocenters. The van der Waals surface area contributed by atoms with Crippen LogP contribution >= 0.6 is 0 Å². The van der Waals surface area contributed by atoms with Crippen molar-refractivity contribution in [3.8, 4) is 11.4 Å². The van der Waals surface area contributed by atoms with Gasteiger partial charge in [0.15, 0.2) is 0 Å². The molecule has 30 heavy (non-hydrogen) atoms. The molecule has 4 aromatic rings. The van der Waals surface area contributed by atoms with Crippen molar-refractivity contribution in [2.75, 3.05) is 0 Å². The number of hydrogen-bond donors (Lipinski definition) is 1. The molecule has 0 unspecified atom stereocenters. The summed E-state index contributed by atoms with van der Waals surface area (Å²) < 4.78 is 4.08. The minimum absolute atomic E-state index is 0.239. The second-order valence-electron chi connectivity index (χ2n) is 7.15. The molecule has 4 rings (SSSR count). The molecule has 0 aliphatic rings. The highest BCUT2D eigenvalue weighted by Crippen LogP contribution is 2.17. The third kappa shape index (κ3) is 3.93. The predicted octanol–water partition coefficient (Wildman–Crippen LogP) is 4.43. The van der Waals surface area contributed by atoms with Gasteiger partial charge in [0.1, 0.15) is 0 Å². The molecular formula is C24H23N5O. The van der Waals surface area contributed by atoms with Gasteiger partial charge in [-0.25, -0.2) is 10.4 Å². The van der Waals surface area contributed by atoms with Crippen LogP contribution in [0.15, 0.2) is 84.5 Å². The molecule has 150 valence electrons. The summed E-state index contributed by atoms with van der Waals surface area (Å²) in [6.45, 7) is 5.99. The van der Waals surface area contributed by atoms with Gasteiger partial charge >= 0.3 is 0 Å². The number of carbonyl (C=O) groups is 1. The molecule has 1 amide bonds. The minimum atomic E-state index is -0.239. The normalized spacial score (nSPS) is 11.5. The number of imidazole rings is 1. The minimum Gasteiger partial charge on any atom is -0.319 e. The summed E-state index contributed by atoms with van der Waals surface area (Å²) in [5.41, 5.74) is 9.24. The van der Waals surface area contributed by atoms with Crippen LogP contribution in [0.3, 0.4) is 0 Å². The van der Waals surface area contributed by atoms with Crippen LogP contribution in [0.2, 0.25) is 0 Å². The summed E-state index contributed by atoms with van der Waals surface area (Å²) in [5, 5.41) is 4.26. The standard InChI is InChI=1S/C24H23N5O/c1-17-4-5-18(2)29(17)23-12-8-21(9-13-23)24(30)27-26-19(3)20-6-10-22(11-7-20)28-15-14-25-16-28/h4-16H,1-3H3,(H,27,30). The Morgan fingerprint density at radius 1 is 0.867 bits per heavy atom. The van der Waals surface area contributed by atoms with Crippen molar-refractivity contribution < 1.29 is 4.79 Å². The van der Waals surface area contributed by atoms with Crippen molar-refractivity contribution in [2.24, 2.45) is 5.10 Å². The van der Waals surface area contributed by atoms with Crippen LogP contribution in [0.4, 0.5) is 0 Å². The highest BCUT2D eigenvalue weighted by atomic mass is 16.2. The number of nitrogens with one attached hydrogen (secondary N) is 1. The summed E-state index contributed by atoms with van der Waals surface area (Å²) >= 11 is 0. The smallest absolute Gasteiger partial charge is 0.271 e. The van der Waals surface area contributed by atoms with E-state index in [1.165, 1.54) is 0 Å². The molecule has 0 saturated carbocycles. The largest absolute Gasteiger partial charge is 0.319 e. The summed E-state index contributed by atoms with van der Waals surface area (Å²) in [7, 11) is 0. The van der Waals surface area contributed by atoms with Crippen LogP contribution in [0.5, 0.6) is 0 Å². The van der Waals surface area contributed by atoms with E-state index in [1.54, 1.807) is 12.5 Å². The molecule has 2 aromatic heterocycles. The molecule has 2 aromatic carbocycles. The van der Waals surface area contributed by atoms with Crippen molar-refractivity contribution in [1.82, 2.24) is 19.5 Å². The van der Waals surface area contributed by atoms with Crippen LogP contribution in [-0.2, 0) is 0 Å². The second-order valence-corrected chi connectivity index (χ2v) is 7.15. The van der Waals surface area contributed by atoms with Gasteiger partial charge in [0.25, 0.3) is 5.91 Å². The Morgan fingerprint density at radius 2 is 1.47 bits per heavy atom. The van der Waals surface area contributed by atoms with Crippen molar-refractivity contribution in [3.05, 3.63) is 102 Å². The van der Waals surface area contributed by atoms with E-state index < -0.39 is 0 Å². The Bertz CT molecular complexity index is 1160. The Hall–Kier alpha value is -3.93. The van der Waals surface area contributed by atoms with Crippen LogP contribution < -0.4 is 5.43 Å². The van der Waals surface area contributed by atoms with Gasteiger partial charge in [-0.3, -0.25) is 4.79 Å². The monoisotopic (exact) mass is 397 g/mol. The number of nitrogens with zero attached hydrogens (tertiary/aromatic N) is 4. The fourth-order valence-corrected chi connectivity index (χ4v) is 3.39. The zero-order valence-corrected chi connectivity index (χ0v) is 17.2. The third-order valence-electron chi connectivity index (χ3n) is 5.07. The van der Waals surface area contributed by atoms with Crippen molar-refractivity contribution in [1.29, 1.82) is 0 Å². The van der Waals surface area contributed by atoms with Gasteiger partial charge in [0.05, 0.1) is 12.0 Å². The van der Waals surface area contributed by atoms with Crippen LogP contribution in [0.1, 0.15) is 34.2 Å². The molecule has 0 bridgehead atoms. The lowest BCUT2D eigenvalue weighted by Crippen LogP contribution is -2.19. The van der Waals surface area contributed by atoms with Gasteiger partial charge in [-0.1, -0.05) is 12.1 Å². The van der Waals surface area contributed by atoms with Crippen LogP contribution in [0, 0.1) is 13.8 Å². The molecule has 0 aliphatic heterocycles. The average Bonchev–Trinajstić information content (AvgIpc) is 3.42. The fourth-order valence-electron chi connectivity index (χ4n) is 3.39. The molecule has 0 aliphatic carbocycles. The van der Waals surface area contributed by atoms with E-state index in [4.69, 9.17) is 0 Å². The number of aromatic nitrogens is 3. The molecule has 0 radical (unpaired) electrons. The predicted molar refractivity (Wildman–Crippen MR) is 118 cm³/mol. The Kier molecular flexibility index (Phi) is 5.30. The van der Waals surface area contributed by atoms with Crippen molar-refractivity contribution >= 4 is 11.6 Å². The second kappa shape index (κ2) is 8.21. The lowest BCUT2D eigenvalue weighted by Gasteiger charge is -2.10. The first kappa shape index (κ1) is 19.4. The van der Waals surface area contributed by atoms with Gasteiger partial charge in [0.2, 0.25) is 0 Å². The van der Waals surface area contributed by atoms with Crippen molar-refractivity contribution in [3.63, 3.8) is 0 Å². The first-order valence-corrected chi connectivity index (χ1v) is 9.72. The number of hydrazone groups is 1. The van der Waals surface area contributed by atoms with E-state index in [0.29, 0.717) is 5.56 Å². The topological polar surface area (TPSA) is 64.2 Å². The average molecular weight is 397 g/mol. The lowest BCUT2D eigenvalue weighted by atomic mass is 10.1. The molecule has 0 spiro atoms. The Balaban J connectivity index is 1.44. The van der Waals surface area contributed by atoms with Crippen molar-refractivity contribution in [2.45, 2.75) is 20.8 Å². The number of rotatable bonds is 5. The molecule has 1 N–H and O–H groups in total. The lowest BCUT2D eigenvalue weighted by molar-refractivity contribution is 0.0955. The number of amides is 1. The molecular weight excluding hydrogens is 374 g/mol. The van der Waals surface area contributed by atoms with Gasteiger partial charge in [-0.05, 0) is 74.9 Å². The maximum atomic E-state index is 12.5. The highest BCUT2D eigenvalue weighted by Gasteiger charge is 2.08. The molecule has 0 fully saturated rings. The first-order chi connectivity index (χ1) is 14.5. The Labute approximate surface area is 175 Å². The van der Waals surface area contributed by atoms with E-state index in [0.717, 1.165) is 34.0 Å². The molecule has 6 heteroatoms. The fraction of sp³-hybridized carbons (Fsp3) is 0.125. The molecule has 2 heterocycles. The zero-order valence-electron chi connectivity index (χ0n) is 17.2. The third-order valence-corrected chi connectivity index (χ3v) is 5.07. The van der Waals surface area contributed by atoms with E-state index >= 15 is 0 Å². The summed E-state index contributed by atoms with van der Waals surface area (Å²) in [5.74, 6) is -0.239. The summed E-state index contributed by atoms with van der Waals surface area (Å²) in [4.78, 5) is 16.5. The number of hydrogen-bond acceptors (Lipinski definition) is 3. The van der Waals surface area contributed by atoms with E-state index in [2.05, 4.69) is 46.1 Å². The molecule has 6 nitrogen and oxygen atoms in total. The zero-order chi connectivity index (χ0) is 21.1. The SMILES string of the molecule is CC(=NNC(=O)c1ccc(-n2c(C)ccc2C)cc1)c1ccc(-n2ccnc2)cc1. The van der Waals surface area contributed by atoms with Gasteiger partial charge < -0.3 is 9.13 Å². The molecule has 0 saturated heterocycles. The summed E-state index contributed by atoms with van der Waals surface area (Å²) in [6.07, 6.45) is 5.38. The van der Waals surface area contributed by atoms with E-state index in [-0.39, 0.29) is 5.91 Å². The quantitative estimate of drug-likeness (QED) is 0.400. The summed E-state index contributed by atoms with van der Waals surface area (Å²) in [6, 6.07) is 19.6. The number of aryl methyl sites for hydroxylation is 2. The number of carbonyl (C=O) groups excluding carboxylic acids is 1.